The molecule has 0 spiro atoms. The summed E-state index contributed by atoms with van der Waals surface area (Å²) in [6, 6.07) is 1.71. The molecule has 1 unspecified atom stereocenters. The molecule has 102 valence electrons. The largest absolute Gasteiger partial charge is 0.338 e. The molecule has 0 aliphatic carbocycles. The maximum absolute atomic E-state index is 11.7. The number of aromatic nitrogens is 1. The van der Waals surface area contributed by atoms with E-state index in [1.807, 2.05) is 6.92 Å². The average molecular weight is 253 g/mol. The molecule has 0 aliphatic heterocycles. The quantitative estimate of drug-likeness (QED) is 0.745. The predicted molar refractivity (Wildman–Crippen MR) is 71.2 cm³/mol. The van der Waals surface area contributed by atoms with Crippen LogP contribution in [-0.4, -0.2) is 17.6 Å². The predicted octanol–water partition coefficient (Wildman–Crippen LogP) is 2.47. The van der Waals surface area contributed by atoms with E-state index in [0.29, 0.717) is 24.8 Å². The molecule has 0 saturated carbocycles. The van der Waals surface area contributed by atoms with Gasteiger partial charge >= 0.3 is 0 Å². The Hall–Kier alpha value is -1.36. The van der Waals surface area contributed by atoms with Gasteiger partial charge in [0.1, 0.15) is 0 Å². The van der Waals surface area contributed by atoms with Crippen molar-refractivity contribution < 1.29 is 9.32 Å². The molecule has 0 fully saturated rings. The molecular weight excluding hydrogens is 230 g/mol. The van der Waals surface area contributed by atoms with Crippen molar-refractivity contribution in [3.05, 3.63) is 11.8 Å². The van der Waals surface area contributed by atoms with Crippen molar-refractivity contribution in [3.63, 3.8) is 0 Å². The van der Waals surface area contributed by atoms with E-state index in [0.717, 1.165) is 31.4 Å². The molecule has 5 heteroatoms. The molecule has 1 amide bonds. The standard InChI is InChI=1S/C13H23N3O2/c1-3-4-11(7-8-14)5-6-12(17)15-13-9-10(2)16-18-13/h9,11H,3-8,14H2,1-2H3,(H,15,17). The highest BCUT2D eigenvalue weighted by molar-refractivity contribution is 5.89. The molecule has 18 heavy (non-hydrogen) atoms. The van der Waals surface area contributed by atoms with E-state index in [1.54, 1.807) is 6.07 Å². The molecule has 0 aliphatic rings. The summed E-state index contributed by atoms with van der Waals surface area (Å²) >= 11 is 0. The molecule has 5 nitrogen and oxygen atoms in total. The summed E-state index contributed by atoms with van der Waals surface area (Å²) in [6.07, 6.45) is 4.64. The molecule has 0 saturated heterocycles. The SMILES string of the molecule is CCCC(CCN)CCC(=O)Nc1cc(C)no1. The monoisotopic (exact) mass is 253 g/mol. The lowest BCUT2D eigenvalue weighted by Gasteiger charge is -2.14. The molecule has 0 aromatic carbocycles. The van der Waals surface area contributed by atoms with Gasteiger partial charge in [0.15, 0.2) is 0 Å². The van der Waals surface area contributed by atoms with Crippen molar-refractivity contribution in [2.45, 2.75) is 46.0 Å². The van der Waals surface area contributed by atoms with Gasteiger partial charge in [0, 0.05) is 12.5 Å². The zero-order valence-corrected chi connectivity index (χ0v) is 11.2. The molecule has 0 radical (unpaired) electrons. The number of rotatable bonds is 8. The van der Waals surface area contributed by atoms with Crippen LogP contribution < -0.4 is 11.1 Å². The Kier molecular flexibility index (Phi) is 6.43. The Balaban J connectivity index is 2.30. The zero-order valence-electron chi connectivity index (χ0n) is 11.2. The summed E-state index contributed by atoms with van der Waals surface area (Å²) in [4.78, 5) is 11.7. The lowest BCUT2D eigenvalue weighted by molar-refractivity contribution is -0.116. The first-order chi connectivity index (χ1) is 8.65. The van der Waals surface area contributed by atoms with E-state index in [1.165, 1.54) is 0 Å². The summed E-state index contributed by atoms with van der Waals surface area (Å²) in [5.41, 5.74) is 6.33. The van der Waals surface area contributed by atoms with Crippen molar-refractivity contribution in [2.75, 3.05) is 11.9 Å². The second-order valence-corrected chi connectivity index (χ2v) is 4.65. The van der Waals surface area contributed by atoms with Gasteiger partial charge in [0.25, 0.3) is 0 Å². The molecule has 1 atom stereocenters. The first-order valence-corrected chi connectivity index (χ1v) is 6.59. The van der Waals surface area contributed by atoms with Crippen molar-refractivity contribution >= 4 is 11.8 Å². The lowest BCUT2D eigenvalue weighted by atomic mass is 9.94. The number of aryl methyl sites for hydroxylation is 1. The van der Waals surface area contributed by atoms with Crippen LogP contribution in [0.25, 0.3) is 0 Å². The number of anilines is 1. The van der Waals surface area contributed by atoms with E-state index in [-0.39, 0.29) is 5.91 Å². The Morgan fingerprint density at radius 3 is 2.83 bits per heavy atom. The van der Waals surface area contributed by atoms with Crippen molar-refractivity contribution in [2.24, 2.45) is 11.7 Å². The average Bonchev–Trinajstić information content (AvgIpc) is 2.72. The van der Waals surface area contributed by atoms with Crippen molar-refractivity contribution in [3.8, 4) is 0 Å². The summed E-state index contributed by atoms with van der Waals surface area (Å²) in [6.45, 7) is 4.66. The topological polar surface area (TPSA) is 81.2 Å². The third kappa shape index (κ3) is 5.31. The van der Waals surface area contributed by atoms with Crippen LogP contribution in [0.1, 0.15) is 44.7 Å². The molecule has 1 aromatic heterocycles. The van der Waals surface area contributed by atoms with Crippen LogP contribution in [0.15, 0.2) is 10.6 Å². The molecule has 1 aromatic rings. The van der Waals surface area contributed by atoms with Crippen molar-refractivity contribution in [1.29, 1.82) is 0 Å². The zero-order chi connectivity index (χ0) is 13.4. The highest BCUT2D eigenvalue weighted by Crippen LogP contribution is 2.17. The summed E-state index contributed by atoms with van der Waals surface area (Å²) < 4.78 is 4.93. The fourth-order valence-electron chi connectivity index (χ4n) is 2.03. The van der Waals surface area contributed by atoms with Crippen LogP contribution in [0.4, 0.5) is 5.88 Å². The summed E-state index contributed by atoms with van der Waals surface area (Å²) in [5.74, 6) is 0.940. The lowest BCUT2D eigenvalue weighted by Crippen LogP contribution is -2.15. The molecular formula is C13H23N3O2. The van der Waals surface area contributed by atoms with E-state index >= 15 is 0 Å². The van der Waals surface area contributed by atoms with E-state index in [2.05, 4.69) is 17.4 Å². The van der Waals surface area contributed by atoms with Crippen molar-refractivity contribution in [1.82, 2.24) is 5.16 Å². The maximum atomic E-state index is 11.7. The minimum atomic E-state index is -0.0238. The second kappa shape index (κ2) is 7.87. The van der Waals surface area contributed by atoms with Crippen LogP contribution in [0.2, 0.25) is 0 Å². The number of hydrogen-bond donors (Lipinski definition) is 2. The third-order valence-corrected chi connectivity index (χ3v) is 2.94. The highest BCUT2D eigenvalue weighted by atomic mass is 16.5. The van der Waals surface area contributed by atoms with Gasteiger partial charge in [0.2, 0.25) is 11.8 Å². The number of carbonyl (C=O) groups is 1. The van der Waals surface area contributed by atoms with Gasteiger partial charge in [-0.05, 0) is 32.2 Å². The van der Waals surface area contributed by atoms with Gasteiger partial charge in [-0.1, -0.05) is 24.9 Å². The van der Waals surface area contributed by atoms with Gasteiger partial charge in [-0.25, -0.2) is 0 Å². The fraction of sp³-hybridized carbons (Fsp3) is 0.692. The van der Waals surface area contributed by atoms with Gasteiger partial charge in [-0.2, -0.15) is 0 Å². The highest BCUT2D eigenvalue weighted by Gasteiger charge is 2.11. The molecule has 1 heterocycles. The Morgan fingerprint density at radius 2 is 2.28 bits per heavy atom. The van der Waals surface area contributed by atoms with Gasteiger partial charge in [-0.15, -0.1) is 0 Å². The minimum absolute atomic E-state index is 0.0238. The Morgan fingerprint density at radius 1 is 1.50 bits per heavy atom. The third-order valence-electron chi connectivity index (χ3n) is 2.94. The normalized spacial score (nSPS) is 12.4. The van der Waals surface area contributed by atoms with Crippen LogP contribution in [0, 0.1) is 12.8 Å². The second-order valence-electron chi connectivity index (χ2n) is 4.65. The molecule has 0 bridgehead atoms. The fourth-order valence-corrected chi connectivity index (χ4v) is 2.03. The van der Waals surface area contributed by atoms with Crippen LogP contribution in [-0.2, 0) is 4.79 Å². The summed E-state index contributed by atoms with van der Waals surface area (Å²) in [5, 5.41) is 6.42. The van der Waals surface area contributed by atoms with Gasteiger partial charge < -0.3 is 10.3 Å². The van der Waals surface area contributed by atoms with Crippen LogP contribution in [0.3, 0.4) is 0 Å². The first-order valence-electron chi connectivity index (χ1n) is 6.59. The van der Waals surface area contributed by atoms with E-state index in [9.17, 15) is 4.79 Å². The number of nitrogens with two attached hydrogens (primary N) is 1. The molecule has 1 rings (SSSR count). The first kappa shape index (κ1) is 14.7. The number of hydrogen-bond acceptors (Lipinski definition) is 4. The number of nitrogens with one attached hydrogen (secondary N) is 1. The Bertz CT molecular complexity index is 357. The van der Waals surface area contributed by atoms with Gasteiger partial charge in [0.05, 0.1) is 5.69 Å². The Labute approximate surface area is 108 Å². The van der Waals surface area contributed by atoms with E-state index in [4.69, 9.17) is 10.3 Å². The smallest absolute Gasteiger partial charge is 0.231 e. The minimum Gasteiger partial charge on any atom is -0.338 e. The van der Waals surface area contributed by atoms with E-state index < -0.39 is 0 Å². The maximum Gasteiger partial charge on any atom is 0.231 e. The number of nitrogens with zero attached hydrogens (tertiary/aromatic N) is 1. The number of amides is 1. The molecule has 3 N–H and O–H groups in total. The van der Waals surface area contributed by atoms with Crippen LogP contribution >= 0.6 is 0 Å². The summed E-state index contributed by atoms with van der Waals surface area (Å²) in [7, 11) is 0. The van der Waals surface area contributed by atoms with Gasteiger partial charge in [-0.3, -0.25) is 10.1 Å². The number of carbonyl (C=O) groups excluding carboxylic acids is 1. The van der Waals surface area contributed by atoms with Crippen LogP contribution in [0.5, 0.6) is 0 Å².